The Bertz CT molecular complexity index is 510. The molecule has 0 spiro atoms. The lowest BCUT2D eigenvalue weighted by Gasteiger charge is -2.11. The summed E-state index contributed by atoms with van der Waals surface area (Å²) in [4.78, 5) is 0. The lowest BCUT2D eigenvalue weighted by Crippen LogP contribution is -2.00. The quantitative estimate of drug-likeness (QED) is 0.803. The molecule has 2 atom stereocenters. The number of hydrogen-bond acceptors (Lipinski definition) is 2. The lowest BCUT2D eigenvalue weighted by molar-refractivity contribution is -0.0607. The Morgan fingerprint density at radius 2 is 1.61 bits per heavy atom. The topological polar surface area (TPSA) is 18.5 Å². The molecule has 1 fully saturated rings. The molecular weight excluding hydrogens is 231 g/mol. The van der Waals surface area contributed by atoms with Crippen molar-refractivity contribution in [1.29, 1.82) is 0 Å². The van der Waals surface area contributed by atoms with Gasteiger partial charge in [0, 0.05) is 5.56 Å². The van der Waals surface area contributed by atoms with Crippen LogP contribution in [0.15, 0.2) is 54.6 Å². The molecule has 1 heterocycles. The third kappa shape index (κ3) is 2.28. The SMILES string of the molecule is Fc1ccc([C@H]2COC(c3ccccc3)O2)cc1. The smallest absolute Gasteiger partial charge is 0.184 e. The van der Waals surface area contributed by atoms with E-state index in [1.807, 2.05) is 30.3 Å². The second kappa shape index (κ2) is 4.88. The zero-order valence-corrected chi connectivity index (χ0v) is 9.75. The maximum Gasteiger partial charge on any atom is 0.184 e. The summed E-state index contributed by atoms with van der Waals surface area (Å²) in [5.74, 6) is -0.239. The first-order valence-corrected chi connectivity index (χ1v) is 5.90. The van der Waals surface area contributed by atoms with Crippen molar-refractivity contribution in [3.63, 3.8) is 0 Å². The van der Waals surface area contributed by atoms with Crippen LogP contribution in [-0.2, 0) is 9.47 Å². The summed E-state index contributed by atoms with van der Waals surface area (Å²) >= 11 is 0. The van der Waals surface area contributed by atoms with Crippen LogP contribution >= 0.6 is 0 Å². The molecule has 2 aromatic rings. The number of benzene rings is 2. The van der Waals surface area contributed by atoms with Gasteiger partial charge in [-0.3, -0.25) is 0 Å². The van der Waals surface area contributed by atoms with Gasteiger partial charge < -0.3 is 9.47 Å². The van der Waals surface area contributed by atoms with Gasteiger partial charge in [0.2, 0.25) is 0 Å². The van der Waals surface area contributed by atoms with Crippen LogP contribution in [0.25, 0.3) is 0 Å². The summed E-state index contributed by atoms with van der Waals surface area (Å²) in [7, 11) is 0. The first-order valence-electron chi connectivity index (χ1n) is 5.90. The van der Waals surface area contributed by atoms with Crippen molar-refractivity contribution in [2.75, 3.05) is 6.61 Å². The van der Waals surface area contributed by atoms with Gasteiger partial charge >= 0.3 is 0 Å². The van der Waals surface area contributed by atoms with Crippen LogP contribution in [0.2, 0.25) is 0 Å². The summed E-state index contributed by atoms with van der Waals surface area (Å²) in [5.41, 5.74) is 1.94. The third-order valence-corrected chi connectivity index (χ3v) is 3.00. The van der Waals surface area contributed by atoms with Gasteiger partial charge in [-0.1, -0.05) is 42.5 Å². The van der Waals surface area contributed by atoms with Crippen molar-refractivity contribution in [3.05, 3.63) is 71.5 Å². The van der Waals surface area contributed by atoms with Crippen LogP contribution in [-0.4, -0.2) is 6.61 Å². The highest BCUT2D eigenvalue weighted by Gasteiger charge is 2.28. The van der Waals surface area contributed by atoms with Gasteiger partial charge in [-0.2, -0.15) is 0 Å². The van der Waals surface area contributed by atoms with E-state index in [0.717, 1.165) is 11.1 Å². The predicted molar refractivity (Wildman–Crippen MR) is 65.4 cm³/mol. The molecule has 0 radical (unpaired) electrons. The first kappa shape index (κ1) is 11.4. The van der Waals surface area contributed by atoms with Crippen LogP contribution in [0.4, 0.5) is 4.39 Å². The molecule has 1 aliphatic heterocycles. The van der Waals surface area contributed by atoms with Crippen LogP contribution in [0.3, 0.4) is 0 Å². The van der Waals surface area contributed by atoms with E-state index in [0.29, 0.717) is 6.61 Å². The minimum absolute atomic E-state index is 0.129. The fraction of sp³-hybridized carbons (Fsp3) is 0.200. The highest BCUT2D eigenvalue weighted by Crippen LogP contribution is 2.34. The van der Waals surface area contributed by atoms with Crippen LogP contribution < -0.4 is 0 Å². The van der Waals surface area contributed by atoms with Crippen molar-refractivity contribution in [3.8, 4) is 0 Å². The minimum atomic E-state index is -0.332. The molecule has 1 saturated heterocycles. The molecule has 1 aliphatic rings. The molecule has 3 heteroatoms. The summed E-state index contributed by atoms with van der Waals surface area (Å²) < 4.78 is 24.3. The molecule has 2 nitrogen and oxygen atoms in total. The molecule has 18 heavy (non-hydrogen) atoms. The van der Waals surface area contributed by atoms with E-state index in [4.69, 9.17) is 9.47 Å². The maximum atomic E-state index is 12.8. The summed E-state index contributed by atoms with van der Waals surface area (Å²) in [6.07, 6.45) is -0.461. The first-order chi connectivity index (χ1) is 8.83. The summed E-state index contributed by atoms with van der Waals surface area (Å²) in [6, 6.07) is 16.1. The molecule has 0 bridgehead atoms. The second-order valence-corrected chi connectivity index (χ2v) is 4.25. The zero-order valence-electron chi connectivity index (χ0n) is 9.75. The molecule has 1 unspecified atom stereocenters. The lowest BCUT2D eigenvalue weighted by atomic mass is 10.1. The third-order valence-electron chi connectivity index (χ3n) is 3.00. The number of halogens is 1. The Morgan fingerprint density at radius 3 is 2.33 bits per heavy atom. The van der Waals surface area contributed by atoms with Crippen molar-refractivity contribution in [2.45, 2.75) is 12.4 Å². The van der Waals surface area contributed by atoms with Crippen molar-refractivity contribution >= 4 is 0 Å². The fourth-order valence-corrected chi connectivity index (χ4v) is 2.04. The van der Waals surface area contributed by atoms with E-state index >= 15 is 0 Å². The van der Waals surface area contributed by atoms with Crippen molar-refractivity contribution in [2.24, 2.45) is 0 Å². The largest absolute Gasteiger partial charge is 0.345 e. The maximum absolute atomic E-state index is 12.8. The van der Waals surface area contributed by atoms with Gasteiger partial charge in [0.25, 0.3) is 0 Å². The Balaban J connectivity index is 1.74. The number of rotatable bonds is 2. The van der Waals surface area contributed by atoms with E-state index in [-0.39, 0.29) is 18.2 Å². The normalized spacial score (nSPS) is 23.2. The van der Waals surface area contributed by atoms with Gasteiger partial charge in [-0.15, -0.1) is 0 Å². The number of ether oxygens (including phenoxy) is 2. The minimum Gasteiger partial charge on any atom is -0.345 e. The van der Waals surface area contributed by atoms with Gasteiger partial charge in [-0.25, -0.2) is 4.39 Å². The fourth-order valence-electron chi connectivity index (χ4n) is 2.04. The molecule has 0 N–H and O–H groups in total. The van der Waals surface area contributed by atoms with Crippen LogP contribution in [0.5, 0.6) is 0 Å². The van der Waals surface area contributed by atoms with Crippen molar-refractivity contribution < 1.29 is 13.9 Å². The Hall–Kier alpha value is -1.71. The predicted octanol–water partition coefficient (Wildman–Crippen LogP) is 3.61. The van der Waals surface area contributed by atoms with Gasteiger partial charge in [-0.05, 0) is 17.7 Å². The molecule has 0 amide bonds. The Morgan fingerprint density at radius 1 is 0.889 bits per heavy atom. The molecular formula is C15H13FO2. The van der Waals surface area contributed by atoms with Crippen LogP contribution in [0, 0.1) is 5.82 Å². The second-order valence-electron chi connectivity index (χ2n) is 4.25. The average Bonchev–Trinajstić information content (AvgIpc) is 2.90. The van der Waals surface area contributed by atoms with Gasteiger partial charge in [0.05, 0.1) is 6.61 Å². The highest BCUT2D eigenvalue weighted by molar-refractivity contribution is 5.21. The monoisotopic (exact) mass is 244 g/mol. The average molecular weight is 244 g/mol. The number of hydrogen-bond donors (Lipinski definition) is 0. The summed E-state index contributed by atoms with van der Waals surface area (Å²) in [5, 5.41) is 0. The molecule has 92 valence electrons. The molecule has 0 aromatic heterocycles. The van der Waals surface area contributed by atoms with E-state index in [1.54, 1.807) is 12.1 Å². The molecule has 2 aromatic carbocycles. The van der Waals surface area contributed by atoms with Gasteiger partial charge in [0.1, 0.15) is 11.9 Å². The van der Waals surface area contributed by atoms with E-state index in [2.05, 4.69) is 0 Å². The molecule has 0 aliphatic carbocycles. The van der Waals surface area contributed by atoms with Crippen LogP contribution in [0.1, 0.15) is 23.5 Å². The molecule has 3 rings (SSSR count). The standard InChI is InChI=1S/C15H13FO2/c16-13-8-6-11(7-9-13)14-10-17-15(18-14)12-4-2-1-3-5-12/h1-9,14-15H,10H2/t14-,15?/m1/s1. The van der Waals surface area contributed by atoms with E-state index in [1.165, 1.54) is 12.1 Å². The molecule has 0 saturated carbocycles. The van der Waals surface area contributed by atoms with Crippen molar-refractivity contribution in [1.82, 2.24) is 0 Å². The zero-order chi connectivity index (χ0) is 12.4. The van der Waals surface area contributed by atoms with Gasteiger partial charge in [0.15, 0.2) is 6.29 Å². The van der Waals surface area contributed by atoms with E-state index < -0.39 is 0 Å². The Labute approximate surface area is 105 Å². The van der Waals surface area contributed by atoms with E-state index in [9.17, 15) is 4.39 Å². The Kier molecular flexibility index (Phi) is 3.09. The highest BCUT2D eigenvalue weighted by atomic mass is 19.1. The summed E-state index contributed by atoms with van der Waals surface area (Å²) in [6.45, 7) is 0.491.